The molecule has 2 unspecified atom stereocenters. The first-order valence-electron chi connectivity index (χ1n) is 9.83. The average Bonchev–Trinajstić information content (AvgIpc) is 3.37. The SMILES string of the molecule is CP(C)c1nc(N)c2[nH]c(=O)n(Cc3ccc(N4CC5CNCC5C4)nc3)c2n1. The molecule has 5 heterocycles. The van der Waals surface area contributed by atoms with Crippen LogP contribution in [0.3, 0.4) is 0 Å². The van der Waals surface area contributed by atoms with E-state index in [4.69, 9.17) is 5.73 Å². The van der Waals surface area contributed by atoms with Gasteiger partial charge in [0.1, 0.15) is 11.3 Å². The van der Waals surface area contributed by atoms with Crippen LogP contribution in [0.4, 0.5) is 11.6 Å². The van der Waals surface area contributed by atoms with E-state index in [0.717, 1.165) is 49.4 Å². The van der Waals surface area contributed by atoms with Crippen LogP contribution in [-0.4, -0.2) is 64.0 Å². The Hall–Kier alpha value is -2.51. The lowest BCUT2D eigenvalue weighted by Crippen LogP contribution is -2.26. The summed E-state index contributed by atoms with van der Waals surface area (Å²) in [4.78, 5) is 31.3. The molecule has 0 aromatic carbocycles. The normalized spacial score (nSPS) is 21.4. The largest absolute Gasteiger partial charge is 0.382 e. The zero-order valence-electron chi connectivity index (χ0n) is 16.6. The van der Waals surface area contributed by atoms with E-state index >= 15 is 0 Å². The van der Waals surface area contributed by atoms with Gasteiger partial charge in [-0.2, -0.15) is 0 Å². The number of imidazole rings is 1. The first kappa shape index (κ1) is 18.5. The Labute approximate surface area is 169 Å². The van der Waals surface area contributed by atoms with Crippen molar-refractivity contribution in [2.24, 2.45) is 11.8 Å². The first-order chi connectivity index (χ1) is 14.0. The molecule has 2 aliphatic rings. The average molecular weight is 412 g/mol. The van der Waals surface area contributed by atoms with Gasteiger partial charge in [-0.3, -0.25) is 4.57 Å². The third-order valence-corrected chi connectivity index (χ3v) is 6.90. The number of nitrogens with one attached hydrogen (secondary N) is 2. The number of nitrogens with two attached hydrogens (primary N) is 1. The maximum Gasteiger partial charge on any atom is 0.328 e. The molecule has 0 bridgehead atoms. The Morgan fingerprint density at radius 1 is 1.21 bits per heavy atom. The summed E-state index contributed by atoms with van der Waals surface area (Å²) in [6.45, 7) is 8.85. The number of nitrogens with zero attached hydrogens (tertiary/aromatic N) is 5. The third kappa shape index (κ3) is 3.28. The molecule has 5 rings (SSSR count). The van der Waals surface area contributed by atoms with E-state index in [1.807, 2.05) is 12.3 Å². The summed E-state index contributed by atoms with van der Waals surface area (Å²) < 4.78 is 1.61. The lowest BCUT2D eigenvalue weighted by atomic mass is 10.0. The number of hydrogen-bond acceptors (Lipinski definition) is 7. The van der Waals surface area contributed by atoms with Crippen molar-refractivity contribution in [1.29, 1.82) is 0 Å². The molecule has 10 heteroatoms. The van der Waals surface area contributed by atoms with Crippen LogP contribution >= 0.6 is 7.92 Å². The molecule has 3 aromatic rings. The third-order valence-electron chi connectivity index (χ3n) is 5.90. The van der Waals surface area contributed by atoms with Gasteiger partial charge in [0.25, 0.3) is 0 Å². The number of hydrogen-bond donors (Lipinski definition) is 3. The van der Waals surface area contributed by atoms with Gasteiger partial charge in [-0.25, -0.2) is 19.7 Å². The maximum absolute atomic E-state index is 12.5. The summed E-state index contributed by atoms with van der Waals surface area (Å²) in [5.74, 6) is 2.77. The second-order valence-electron chi connectivity index (χ2n) is 8.13. The molecule has 0 amide bonds. The van der Waals surface area contributed by atoms with Gasteiger partial charge in [0.05, 0.1) is 6.54 Å². The first-order valence-corrected chi connectivity index (χ1v) is 12.1. The highest BCUT2D eigenvalue weighted by Crippen LogP contribution is 2.29. The molecule has 152 valence electrons. The van der Waals surface area contributed by atoms with Crippen LogP contribution in [0.15, 0.2) is 23.1 Å². The molecule has 0 spiro atoms. The molecule has 2 aliphatic heterocycles. The van der Waals surface area contributed by atoms with Crippen molar-refractivity contribution in [2.45, 2.75) is 6.54 Å². The van der Waals surface area contributed by atoms with Crippen LogP contribution in [0.2, 0.25) is 0 Å². The van der Waals surface area contributed by atoms with Crippen molar-refractivity contribution in [3.63, 3.8) is 0 Å². The Bertz CT molecular complexity index is 1090. The van der Waals surface area contributed by atoms with Crippen LogP contribution in [0.5, 0.6) is 0 Å². The topological polar surface area (TPSA) is 118 Å². The number of aromatic amines is 1. The second kappa shape index (κ2) is 7.07. The smallest absolute Gasteiger partial charge is 0.328 e. The molecule has 2 saturated heterocycles. The fourth-order valence-electron chi connectivity index (χ4n) is 4.31. The highest BCUT2D eigenvalue weighted by atomic mass is 31.1. The summed E-state index contributed by atoms with van der Waals surface area (Å²) in [6.07, 6.45) is 1.85. The monoisotopic (exact) mass is 412 g/mol. The molecule has 2 atom stereocenters. The highest BCUT2D eigenvalue weighted by molar-refractivity contribution is 7.63. The highest BCUT2D eigenvalue weighted by Gasteiger charge is 2.36. The van der Waals surface area contributed by atoms with Crippen molar-refractivity contribution in [2.75, 3.05) is 50.1 Å². The summed E-state index contributed by atoms with van der Waals surface area (Å²) in [5.41, 5.74) is 8.51. The molecule has 2 fully saturated rings. The molecule has 0 aliphatic carbocycles. The minimum atomic E-state index is -0.515. The Morgan fingerprint density at radius 3 is 2.62 bits per heavy atom. The maximum atomic E-state index is 12.5. The van der Waals surface area contributed by atoms with Gasteiger partial charge in [-0.15, -0.1) is 0 Å². The molecule has 4 N–H and O–H groups in total. The van der Waals surface area contributed by atoms with Crippen LogP contribution in [0.1, 0.15) is 5.56 Å². The zero-order valence-corrected chi connectivity index (χ0v) is 17.5. The number of aromatic nitrogens is 5. The van der Waals surface area contributed by atoms with Gasteiger partial charge in [-0.1, -0.05) is 6.07 Å². The summed E-state index contributed by atoms with van der Waals surface area (Å²) in [6, 6.07) is 4.09. The second-order valence-corrected chi connectivity index (χ2v) is 10.3. The summed E-state index contributed by atoms with van der Waals surface area (Å²) in [7, 11) is -0.515. The number of H-pyrrole nitrogens is 1. The van der Waals surface area contributed by atoms with Crippen molar-refractivity contribution in [3.05, 3.63) is 34.4 Å². The molecular weight excluding hydrogens is 387 g/mol. The van der Waals surface area contributed by atoms with E-state index in [-0.39, 0.29) is 5.69 Å². The Balaban J connectivity index is 1.41. The van der Waals surface area contributed by atoms with Crippen LogP contribution in [0.25, 0.3) is 11.2 Å². The van der Waals surface area contributed by atoms with Crippen LogP contribution in [-0.2, 0) is 6.54 Å². The lowest BCUT2D eigenvalue weighted by Gasteiger charge is -2.18. The molecular formula is C19H25N8OP. The van der Waals surface area contributed by atoms with Crippen LogP contribution in [0, 0.1) is 11.8 Å². The molecule has 0 saturated carbocycles. The van der Waals surface area contributed by atoms with E-state index in [1.54, 1.807) is 4.57 Å². The summed E-state index contributed by atoms with van der Waals surface area (Å²) in [5, 5.41) is 3.46. The van der Waals surface area contributed by atoms with Gasteiger partial charge >= 0.3 is 5.69 Å². The van der Waals surface area contributed by atoms with Gasteiger partial charge in [0.2, 0.25) is 0 Å². The fourth-order valence-corrected chi connectivity index (χ4v) is 4.91. The lowest BCUT2D eigenvalue weighted by molar-refractivity contribution is 0.533. The van der Waals surface area contributed by atoms with Crippen molar-refractivity contribution in [1.82, 2.24) is 29.8 Å². The minimum absolute atomic E-state index is 0.237. The van der Waals surface area contributed by atoms with E-state index in [2.05, 4.69) is 49.5 Å². The van der Waals surface area contributed by atoms with Gasteiger partial charge in [0, 0.05) is 32.4 Å². The predicted octanol–water partition coefficient (Wildman–Crippen LogP) is 0.168. The van der Waals surface area contributed by atoms with E-state index in [0.29, 0.717) is 29.1 Å². The quantitative estimate of drug-likeness (QED) is 0.523. The molecule has 29 heavy (non-hydrogen) atoms. The molecule has 0 radical (unpaired) electrons. The molecule has 9 nitrogen and oxygen atoms in total. The molecule has 3 aromatic heterocycles. The number of fused-ring (bicyclic) bond motifs is 2. The predicted molar refractivity (Wildman–Crippen MR) is 116 cm³/mol. The standard InChI is InChI=1S/C19H25N8OP/c1-29(2)18-24-16(20)15-17(25-18)27(19(28)23-15)8-11-3-4-14(22-5-11)26-9-12-6-21-7-13(12)10-26/h3-5,12-13,21H,6-10H2,1-2H3,(H,23,28)(H2,20,24,25). The number of nitrogen functional groups attached to an aromatic ring is 1. The van der Waals surface area contributed by atoms with Gasteiger partial charge in [-0.05, 0) is 44.7 Å². The fraction of sp³-hybridized carbons (Fsp3) is 0.474. The Kier molecular flexibility index (Phi) is 4.52. The van der Waals surface area contributed by atoms with Gasteiger partial charge in [0.15, 0.2) is 17.0 Å². The minimum Gasteiger partial charge on any atom is -0.382 e. The number of anilines is 2. The van der Waals surface area contributed by atoms with Gasteiger partial charge < -0.3 is 20.9 Å². The van der Waals surface area contributed by atoms with Crippen molar-refractivity contribution in [3.8, 4) is 0 Å². The number of pyridine rings is 1. The van der Waals surface area contributed by atoms with Crippen molar-refractivity contribution >= 4 is 36.3 Å². The van der Waals surface area contributed by atoms with E-state index in [9.17, 15) is 4.79 Å². The number of rotatable bonds is 4. The zero-order chi connectivity index (χ0) is 20.1. The summed E-state index contributed by atoms with van der Waals surface area (Å²) >= 11 is 0. The Morgan fingerprint density at radius 2 is 1.97 bits per heavy atom. The van der Waals surface area contributed by atoms with Crippen LogP contribution < -0.4 is 27.2 Å². The van der Waals surface area contributed by atoms with Crippen molar-refractivity contribution < 1.29 is 0 Å². The van der Waals surface area contributed by atoms with E-state index in [1.165, 1.54) is 0 Å². The van der Waals surface area contributed by atoms with E-state index < -0.39 is 7.92 Å².